The van der Waals surface area contributed by atoms with E-state index in [1.54, 1.807) is 6.07 Å². The van der Waals surface area contributed by atoms with E-state index in [2.05, 4.69) is 17.0 Å². The summed E-state index contributed by atoms with van der Waals surface area (Å²) in [7, 11) is -3.35. The Kier molecular flexibility index (Phi) is 6.46. The highest BCUT2D eigenvalue weighted by molar-refractivity contribution is 7.91. The first kappa shape index (κ1) is 16.6. The quantitative estimate of drug-likeness (QED) is 0.776. The third kappa shape index (κ3) is 4.87. The van der Waals surface area contributed by atoms with Crippen LogP contribution in [-0.4, -0.2) is 21.5 Å². The maximum atomic E-state index is 12.2. The Bertz CT molecular complexity index is 495. The molecule has 1 unspecified atom stereocenters. The highest BCUT2D eigenvalue weighted by atomic mass is 32.2. The van der Waals surface area contributed by atoms with Gasteiger partial charge in [0.2, 0.25) is 10.0 Å². The van der Waals surface area contributed by atoms with E-state index >= 15 is 0 Å². The van der Waals surface area contributed by atoms with Gasteiger partial charge in [-0.2, -0.15) is 0 Å². The lowest BCUT2D eigenvalue weighted by Gasteiger charge is -2.09. The molecule has 0 aliphatic heterocycles. The fourth-order valence-electron chi connectivity index (χ4n) is 1.50. The van der Waals surface area contributed by atoms with Crippen molar-refractivity contribution in [3.8, 4) is 0 Å². The van der Waals surface area contributed by atoms with E-state index in [0.29, 0.717) is 16.7 Å². The zero-order valence-corrected chi connectivity index (χ0v) is 13.7. The Morgan fingerprint density at radius 2 is 2.05 bits per heavy atom. The Hall–Kier alpha value is -0.430. The van der Waals surface area contributed by atoms with Crippen molar-refractivity contribution < 1.29 is 8.42 Å². The number of nitrogens with one attached hydrogen (secondary N) is 2. The van der Waals surface area contributed by atoms with Gasteiger partial charge in [0.1, 0.15) is 4.21 Å². The minimum absolute atomic E-state index is 0.358. The molecule has 0 aliphatic carbocycles. The van der Waals surface area contributed by atoms with Crippen LogP contribution >= 0.6 is 11.3 Å². The zero-order valence-electron chi connectivity index (χ0n) is 12.1. The number of hydrogen-bond acceptors (Lipinski definition) is 4. The minimum Gasteiger partial charge on any atom is -0.312 e. The lowest BCUT2D eigenvalue weighted by molar-refractivity contribution is 0.529. The number of sulfonamides is 1. The van der Waals surface area contributed by atoms with Crippen LogP contribution in [0.4, 0.5) is 0 Å². The molecule has 1 aromatic rings. The van der Waals surface area contributed by atoms with Gasteiger partial charge in [-0.05, 0) is 31.0 Å². The van der Waals surface area contributed by atoms with Crippen molar-refractivity contribution in [3.63, 3.8) is 0 Å². The van der Waals surface area contributed by atoms with Crippen LogP contribution in [-0.2, 0) is 16.6 Å². The summed E-state index contributed by atoms with van der Waals surface area (Å²) in [4.78, 5) is 1.09. The van der Waals surface area contributed by atoms with Crippen LogP contribution in [0.25, 0.3) is 0 Å². The van der Waals surface area contributed by atoms with Crippen molar-refractivity contribution in [2.75, 3.05) is 13.1 Å². The molecule has 1 aromatic heterocycles. The maximum Gasteiger partial charge on any atom is 0.250 e. The zero-order chi connectivity index (χ0) is 14.5. The standard InChI is InChI=1S/C13H24N2O2S2/c1-5-10(3)8-15-19(16,17)13-7-11(4)12(18-13)9-14-6-2/h7,10,14-15H,5-6,8-9H2,1-4H3. The predicted molar refractivity (Wildman–Crippen MR) is 81.1 cm³/mol. The monoisotopic (exact) mass is 304 g/mol. The molecule has 1 rings (SSSR count). The molecular weight excluding hydrogens is 280 g/mol. The van der Waals surface area contributed by atoms with Gasteiger partial charge < -0.3 is 5.32 Å². The smallest absolute Gasteiger partial charge is 0.250 e. The van der Waals surface area contributed by atoms with Gasteiger partial charge in [-0.1, -0.05) is 27.2 Å². The van der Waals surface area contributed by atoms with E-state index in [4.69, 9.17) is 0 Å². The fourth-order valence-corrected chi connectivity index (χ4v) is 4.27. The summed E-state index contributed by atoms with van der Waals surface area (Å²) in [5.74, 6) is 0.358. The maximum absolute atomic E-state index is 12.2. The molecule has 0 bridgehead atoms. The molecule has 0 aliphatic rings. The average Bonchev–Trinajstić information content (AvgIpc) is 2.75. The molecule has 0 amide bonds. The molecule has 2 N–H and O–H groups in total. The normalized spacial score (nSPS) is 13.7. The first-order chi connectivity index (χ1) is 8.90. The van der Waals surface area contributed by atoms with Gasteiger partial charge in [-0.3, -0.25) is 0 Å². The Morgan fingerprint density at radius 3 is 2.63 bits per heavy atom. The number of thiophene rings is 1. The van der Waals surface area contributed by atoms with Gasteiger partial charge in [0.05, 0.1) is 0 Å². The molecule has 0 saturated heterocycles. The summed E-state index contributed by atoms with van der Waals surface area (Å²) >= 11 is 1.35. The van der Waals surface area contributed by atoms with Gasteiger partial charge in [0.25, 0.3) is 0 Å². The second-order valence-corrected chi connectivity index (χ2v) is 7.95. The topological polar surface area (TPSA) is 58.2 Å². The van der Waals surface area contributed by atoms with E-state index < -0.39 is 10.0 Å². The summed E-state index contributed by atoms with van der Waals surface area (Å²) < 4.78 is 27.4. The predicted octanol–water partition coefficient (Wildman–Crippen LogP) is 2.49. The number of hydrogen-bond donors (Lipinski definition) is 2. The lowest BCUT2D eigenvalue weighted by atomic mass is 10.1. The number of aryl methyl sites for hydroxylation is 1. The van der Waals surface area contributed by atoms with Crippen LogP contribution < -0.4 is 10.0 Å². The SMILES string of the molecule is CCNCc1sc(S(=O)(=O)NCC(C)CC)cc1C. The van der Waals surface area contributed by atoms with Crippen molar-refractivity contribution in [1.29, 1.82) is 0 Å². The number of rotatable bonds is 8. The highest BCUT2D eigenvalue weighted by Crippen LogP contribution is 2.25. The van der Waals surface area contributed by atoms with Crippen LogP contribution in [0, 0.1) is 12.8 Å². The highest BCUT2D eigenvalue weighted by Gasteiger charge is 2.19. The van der Waals surface area contributed by atoms with E-state index in [9.17, 15) is 8.42 Å². The van der Waals surface area contributed by atoms with Crippen molar-refractivity contribution in [2.45, 2.75) is 44.9 Å². The van der Waals surface area contributed by atoms with Crippen LogP contribution in [0.15, 0.2) is 10.3 Å². The van der Waals surface area contributed by atoms with Gasteiger partial charge in [-0.25, -0.2) is 13.1 Å². The summed E-state index contributed by atoms with van der Waals surface area (Å²) in [6.45, 7) is 10.2. The molecule has 0 spiro atoms. The Morgan fingerprint density at radius 1 is 1.37 bits per heavy atom. The average molecular weight is 304 g/mol. The molecule has 0 saturated carbocycles. The molecule has 4 nitrogen and oxygen atoms in total. The van der Waals surface area contributed by atoms with E-state index in [1.807, 2.05) is 20.8 Å². The summed E-state index contributed by atoms with van der Waals surface area (Å²) in [6, 6.07) is 1.76. The molecule has 0 aromatic carbocycles. The van der Waals surface area contributed by atoms with Crippen LogP contribution in [0.3, 0.4) is 0 Å². The Balaban J connectivity index is 2.78. The van der Waals surface area contributed by atoms with Gasteiger partial charge in [-0.15, -0.1) is 11.3 Å². The van der Waals surface area contributed by atoms with Crippen LogP contribution in [0.1, 0.15) is 37.6 Å². The van der Waals surface area contributed by atoms with E-state index in [-0.39, 0.29) is 0 Å². The summed E-state index contributed by atoms with van der Waals surface area (Å²) in [6.07, 6.45) is 0.970. The van der Waals surface area contributed by atoms with E-state index in [1.165, 1.54) is 11.3 Å². The molecule has 0 radical (unpaired) electrons. The lowest BCUT2D eigenvalue weighted by Crippen LogP contribution is -2.27. The first-order valence-electron chi connectivity index (χ1n) is 6.70. The molecule has 19 heavy (non-hydrogen) atoms. The molecule has 110 valence electrons. The molecule has 1 atom stereocenters. The Labute approximate surface area is 120 Å². The van der Waals surface area contributed by atoms with Crippen molar-refractivity contribution >= 4 is 21.4 Å². The van der Waals surface area contributed by atoms with Crippen LogP contribution in [0.5, 0.6) is 0 Å². The third-order valence-corrected chi connectivity index (χ3v) is 6.25. The molecule has 6 heteroatoms. The minimum atomic E-state index is -3.35. The molecule has 0 fully saturated rings. The summed E-state index contributed by atoms with van der Waals surface area (Å²) in [5.41, 5.74) is 1.04. The largest absolute Gasteiger partial charge is 0.312 e. The van der Waals surface area contributed by atoms with Crippen molar-refractivity contribution in [1.82, 2.24) is 10.0 Å². The third-order valence-electron chi connectivity index (χ3n) is 3.12. The van der Waals surface area contributed by atoms with Crippen LogP contribution in [0.2, 0.25) is 0 Å². The fraction of sp³-hybridized carbons (Fsp3) is 0.692. The first-order valence-corrected chi connectivity index (χ1v) is 9.00. The molecule has 1 heterocycles. The van der Waals surface area contributed by atoms with Gasteiger partial charge in [0, 0.05) is 18.0 Å². The summed E-state index contributed by atoms with van der Waals surface area (Å²) in [5, 5.41) is 3.22. The second kappa shape index (κ2) is 7.38. The second-order valence-electron chi connectivity index (χ2n) is 4.82. The van der Waals surface area contributed by atoms with Crippen molar-refractivity contribution in [2.24, 2.45) is 5.92 Å². The van der Waals surface area contributed by atoms with Gasteiger partial charge in [0.15, 0.2) is 0 Å². The molecular formula is C13H24N2O2S2. The van der Waals surface area contributed by atoms with E-state index in [0.717, 1.165) is 30.0 Å². The van der Waals surface area contributed by atoms with Crippen molar-refractivity contribution in [3.05, 3.63) is 16.5 Å². The van der Waals surface area contributed by atoms with Gasteiger partial charge >= 0.3 is 0 Å².